The molecule has 0 aliphatic heterocycles. The lowest BCUT2D eigenvalue weighted by Crippen LogP contribution is -2.34. The van der Waals surface area contributed by atoms with Crippen molar-refractivity contribution in [3.05, 3.63) is 49.4 Å². The normalized spacial score (nSPS) is 10.7. The highest BCUT2D eigenvalue weighted by Crippen LogP contribution is 2.02. The van der Waals surface area contributed by atoms with E-state index < -0.39 is 0 Å². The fourth-order valence-electron chi connectivity index (χ4n) is 1.77. The molecule has 0 aliphatic carbocycles. The van der Waals surface area contributed by atoms with Gasteiger partial charge in [0.1, 0.15) is 12.4 Å². The number of hydrogen-bond donors (Lipinski definition) is 2. The Balaban J connectivity index is 2.50. The Kier molecular flexibility index (Phi) is 3.20. The van der Waals surface area contributed by atoms with Crippen LogP contribution in [0.4, 0.5) is 5.82 Å². The Bertz CT molecular complexity index is 725. The van der Waals surface area contributed by atoms with E-state index >= 15 is 0 Å². The maximum absolute atomic E-state index is 12.0. The van der Waals surface area contributed by atoms with Gasteiger partial charge in [0, 0.05) is 22.9 Å². The van der Waals surface area contributed by atoms with E-state index in [-0.39, 0.29) is 17.7 Å². The van der Waals surface area contributed by atoms with Gasteiger partial charge in [-0.15, -0.1) is 0 Å². The fourth-order valence-corrected chi connectivity index (χ4v) is 1.77. The lowest BCUT2D eigenvalue weighted by atomic mass is 10.2. The minimum atomic E-state index is -0.294. The Morgan fingerprint density at radius 1 is 1.21 bits per heavy atom. The molecule has 19 heavy (non-hydrogen) atoms. The van der Waals surface area contributed by atoms with Crippen molar-refractivity contribution in [2.24, 2.45) is 0 Å². The minimum Gasteiger partial charge on any atom is -0.384 e. The van der Waals surface area contributed by atoms with Gasteiger partial charge in [-0.3, -0.25) is 14.7 Å². The quantitative estimate of drug-likeness (QED) is 0.784. The molecule has 0 atom stereocenters. The highest BCUT2D eigenvalue weighted by atomic mass is 16.2. The van der Waals surface area contributed by atoms with Crippen LogP contribution in [0.1, 0.15) is 22.6 Å². The molecule has 0 unspecified atom stereocenters. The van der Waals surface area contributed by atoms with Crippen molar-refractivity contribution in [2.75, 3.05) is 5.73 Å². The number of aromatic nitrogens is 4. The van der Waals surface area contributed by atoms with Gasteiger partial charge in [-0.2, -0.15) is 0 Å². The van der Waals surface area contributed by atoms with E-state index in [1.165, 1.54) is 4.68 Å². The maximum Gasteiger partial charge on any atom is 0.268 e. The molecule has 3 N–H and O–H groups in total. The van der Waals surface area contributed by atoms with Crippen molar-refractivity contribution < 1.29 is 0 Å². The van der Waals surface area contributed by atoms with Crippen molar-refractivity contribution in [1.29, 1.82) is 0 Å². The first kappa shape index (κ1) is 13.0. The van der Waals surface area contributed by atoms with Gasteiger partial charge in [-0.1, -0.05) is 0 Å². The van der Waals surface area contributed by atoms with Crippen LogP contribution in [0.2, 0.25) is 0 Å². The molecular formula is C12H15N5O2. The van der Waals surface area contributed by atoms with Crippen molar-refractivity contribution in [3.8, 4) is 0 Å². The van der Waals surface area contributed by atoms with E-state index in [1.807, 2.05) is 0 Å². The average molecular weight is 261 g/mol. The molecule has 2 rings (SSSR count). The van der Waals surface area contributed by atoms with Gasteiger partial charge >= 0.3 is 0 Å². The second-order valence-corrected chi connectivity index (χ2v) is 4.43. The molecule has 2 aromatic rings. The van der Waals surface area contributed by atoms with Crippen molar-refractivity contribution in [2.45, 2.75) is 27.3 Å². The van der Waals surface area contributed by atoms with E-state index in [2.05, 4.69) is 15.1 Å². The maximum atomic E-state index is 12.0. The van der Waals surface area contributed by atoms with Crippen molar-refractivity contribution in [1.82, 2.24) is 19.7 Å². The van der Waals surface area contributed by atoms with Crippen LogP contribution in [0, 0.1) is 20.8 Å². The Morgan fingerprint density at radius 3 is 2.53 bits per heavy atom. The summed E-state index contributed by atoms with van der Waals surface area (Å²) in [4.78, 5) is 31.9. The van der Waals surface area contributed by atoms with E-state index in [4.69, 9.17) is 5.73 Å². The van der Waals surface area contributed by atoms with E-state index in [9.17, 15) is 9.59 Å². The molecule has 2 heterocycles. The monoisotopic (exact) mass is 261 g/mol. The average Bonchev–Trinajstić information content (AvgIpc) is 2.32. The van der Waals surface area contributed by atoms with Crippen LogP contribution in [0.15, 0.2) is 15.7 Å². The van der Waals surface area contributed by atoms with Crippen LogP contribution in [-0.4, -0.2) is 19.7 Å². The summed E-state index contributed by atoms with van der Waals surface area (Å²) in [5, 5.41) is 2.50. The van der Waals surface area contributed by atoms with Crippen LogP contribution >= 0.6 is 0 Å². The largest absolute Gasteiger partial charge is 0.384 e. The standard InChI is InChI=1S/C12H15N5O2/c1-6-4-9(13)15-10(14-6)5-17-12(19)8(3)7(2)11(18)16-17/h4H,5H2,1-3H3,(H,16,18)(H2,13,14,15). The summed E-state index contributed by atoms with van der Waals surface area (Å²) < 4.78 is 1.19. The number of aromatic amines is 1. The van der Waals surface area contributed by atoms with Gasteiger partial charge in [-0.05, 0) is 20.8 Å². The third-order valence-electron chi connectivity index (χ3n) is 2.93. The van der Waals surface area contributed by atoms with Crippen LogP contribution in [-0.2, 0) is 6.54 Å². The number of hydrogen-bond acceptors (Lipinski definition) is 5. The summed E-state index contributed by atoms with van der Waals surface area (Å²) in [6.07, 6.45) is 0. The number of anilines is 1. The van der Waals surface area contributed by atoms with Crippen LogP contribution in [0.3, 0.4) is 0 Å². The van der Waals surface area contributed by atoms with E-state index in [0.717, 1.165) is 0 Å². The van der Waals surface area contributed by atoms with Crippen LogP contribution < -0.4 is 16.9 Å². The van der Waals surface area contributed by atoms with Gasteiger partial charge in [0.25, 0.3) is 11.1 Å². The second kappa shape index (κ2) is 4.68. The number of nitrogens with two attached hydrogens (primary N) is 1. The molecule has 100 valence electrons. The summed E-state index contributed by atoms with van der Waals surface area (Å²) in [6.45, 7) is 5.10. The van der Waals surface area contributed by atoms with Crippen molar-refractivity contribution >= 4 is 5.82 Å². The lowest BCUT2D eigenvalue weighted by molar-refractivity contribution is 0.596. The van der Waals surface area contributed by atoms with Gasteiger partial charge in [-0.25, -0.2) is 14.6 Å². The zero-order valence-corrected chi connectivity index (χ0v) is 11.0. The summed E-state index contributed by atoms with van der Waals surface area (Å²) in [5.74, 6) is 0.722. The Morgan fingerprint density at radius 2 is 1.89 bits per heavy atom. The zero-order valence-electron chi connectivity index (χ0n) is 11.0. The third-order valence-corrected chi connectivity index (χ3v) is 2.93. The molecule has 0 bridgehead atoms. The van der Waals surface area contributed by atoms with Gasteiger partial charge in [0.15, 0.2) is 5.82 Å². The predicted octanol–water partition coefficient (Wildman–Crippen LogP) is -0.118. The SMILES string of the molecule is Cc1cc(N)nc(Cn2[nH]c(=O)c(C)c(C)c2=O)n1. The molecule has 0 aromatic carbocycles. The lowest BCUT2D eigenvalue weighted by Gasteiger charge is -2.08. The Labute approximate surface area is 109 Å². The molecule has 7 heteroatoms. The Hall–Kier alpha value is -2.44. The molecule has 0 fully saturated rings. The van der Waals surface area contributed by atoms with Gasteiger partial charge < -0.3 is 5.73 Å². The van der Waals surface area contributed by atoms with E-state index in [0.29, 0.717) is 28.5 Å². The van der Waals surface area contributed by atoms with E-state index in [1.54, 1.807) is 26.8 Å². The molecule has 2 aromatic heterocycles. The van der Waals surface area contributed by atoms with Crippen LogP contribution in [0.5, 0.6) is 0 Å². The highest BCUT2D eigenvalue weighted by molar-refractivity contribution is 5.29. The number of aryl methyl sites for hydroxylation is 1. The predicted molar refractivity (Wildman–Crippen MR) is 71.1 cm³/mol. The first-order chi connectivity index (χ1) is 8.88. The summed E-state index contributed by atoms with van der Waals surface area (Å²) >= 11 is 0. The first-order valence-electron chi connectivity index (χ1n) is 5.79. The summed E-state index contributed by atoms with van der Waals surface area (Å²) in [5.41, 5.74) is 6.62. The topological polar surface area (TPSA) is 107 Å². The first-order valence-corrected chi connectivity index (χ1v) is 5.79. The molecule has 0 amide bonds. The summed E-state index contributed by atoms with van der Waals surface area (Å²) in [6, 6.07) is 1.63. The molecule has 0 spiro atoms. The van der Waals surface area contributed by atoms with Gasteiger partial charge in [0.2, 0.25) is 0 Å². The molecule has 0 radical (unpaired) electrons. The number of nitrogen functional groups attached to an aromatic ring is 1. The molecule has 7 nitrogen and oxygen atoms in total. The minimum absolute atomic E-state index is 0.0844. The second-order valence-electron chi connectivity index (χ2n) is 4.43. The molecular weight excluding hydrogens is 246 g/mol. The highest BCUT2D eigenvalue weighted by Gasteiger charge is 2.09. The number of H-pyrrole nitrogens is 1. The number of nitrogens with zero attached hydrogens (tertiary/aromatic N) is 3. The molecule has 0 saturated carbocycles. The molecule has 0 aliphatic rings. The van der Waals surface area contributed by atoms with Gasteiger partial charge in [0.05, 0.1) is 0 Å². The zero-order chi connectivity index (χ0) is 14.2. The van der Waals surface area contributed by atoms with Crippen molar-refractivity contribution in [3.63, 3.8) is 0 Å². The smallest absolute Gasteiger partial charge is 0.268 e. The molecule has 0 saturated heterocycles. The fraction of sp³-hybridized carbons (Fsp3) is 0.333. The number of nitrogens with one attached hydrogen (secondary N) is 1. The third kappa shape index (κ3) is 2.54. The van der Waals surface area contributed by atoms with Crippen LogP contribution in [0.25, 0.3) is 0 Å². The number of rotatable bonds is 2. The summed E-state index contributed by atoms with van der Waals surface area (Å²) in [7, 11) is 0.